The zero-order valence-corrected chi connectivity index (χ0v) is 20.1. The van der Waals surface area contributed by atoms with Gasteiger partial charge in [0.15, 0.2) is 0 Å². The molecule has 2 aromatic carbocycles. The molecule has 2 heterocycles. The Morgan fingerprint density at radius 1 is 1.21 bits per heavy atom. The smallest absolute Gasteiger partial charge is 0.257 e. The number of imidazole rings is 1. The summed E-state index contributed by atoms with van der Waals surface area (Å²) in [6.45, 7) is 3.03. The van der Waals surface area contributed by atoms with Gasteiger partial charge in [-0.15, -0.1) is 0 Å². The van der Waals surface area contributed by atoms with Crippen molar-refractivity contribution in [2.45, 2.75) is 32.2 Å². The number of rotatable bonds is 7. The van der Waals surface area contributed by atoms with Gasteiger partial charge in [0.25, 0.3) is 5.91 Å². The van der Waals surface area contributed by atoms with Gasteiger partial charge in [0.2, 0.25) is 5.91 Å². The zero-order valence-electron chi connectivity index (χ0n) is 19.4. The fourth-order valence-electron chi connectivity index (χ4n) is 4.29. The number of methoxy groups -OCH3 is 1. The lowest BCUT2D eigenvalue weighted by Gasteiger charge is -2.32. The minimum Gasteiger partial charge on any atom is -0.496 e. The van der Waals surface area contributed by atoms with Crippen LogP contribution in [0.3, 0.4) is 0 Å². The summed E-state index contributed by atoms with van der Waals surface area (Å²) in [4.78, 5) is 35.6. The van der Waals surface area contributed by atoms with Crippen molar-refractivity contribution < 1.29 is 14.3 Å². The van der Waals surface area contributed by atoms with Crippen molar-refractivity contribution in [2.24, 2.45) is 5.92 Å². The molecule has 2 amide bonds. The number of piperidine rings is 1. The van der Waals surface area contributed by atoms with E-state index in [0.29, 0.717) is 42.3 Å². The molecule has 0 radical (unpaired) electrons. The molecule has 0 bridgehead atoms. The number of aromatic nitrogens is 2. The number of nitrogens with one attached hydrogen (secondary N) is 2. The van der Waals surface area contributed by atoms with Crippen LogP contribution in [0.2, 0.25) is 5.02 Å². The summed E-state index contributed by atoms with van der Waals surface area (Å²) in [6.07, 6.45) is 3.72. The van der Waals surface area contributed by atoms with Crippen molar-refractivity contribution >= 4 is 23.4 Å². The molecule has 4 rings (SSSR count). The number of hydrogen-bond acceptors (Lipinski definition) is 4. The van der Waals surface area contributed by atoms with Crippen molar-refractivity contribution in [3.63, 3.8) is 0 Å². The fraction of sp³-hybridized carbons (Fsp3) is 0.346. The second-order valence-corrected chi connectivity index (χ2v) is 8.87. The number of carbonyl (C=O) groups excluding carboxylic acids is 2. The first-order valence-electron chi connectivity index (χ1n) is 11.5. The Morgan fingerprint density at radius 3 is 2.62 bits per heavy atom. The number of nitrogens with zero attached hydrogens (tertiary/aromatic N) is 2. The van der Waals surface area contributed by atoms with Crippen LogP contribution < -0.4 is 10.1 Å². The molecule has 1 aliphatic heterocycles. The van der Waals surface area contributed by atoms with Crippen LogP contribution >= 0.6 is 11.6 Å². The molecule has 2 N–H and O–H groups in total. The summed E-state index contributed by atoms with van der Waals surface area (Å²) >= 11 is 6.08. The first-order chi connectivity index (χ1) is 16.5. The van der Waals surface area contributed by atoms with E-state index < -0.39 is 0 Å². The van der Waals surface area contributed by atoms with E-state index in [4.69, 9.17) is 16.3 Å². The molecule has 1 atom stereocenters. The summed E-state index contributed by atoms with van der Waals surface area (Å²) in [6, 6.07) is 14.8. The SMILES string of the molecule is CCC(NC(=O)C1CCN(C(=O)c2cc(Cl)ccc2OC)CC1)c1ncc(-c2ccccc2)[nH]1. The third kappa shape index (κ3) is 5.25. The first kappa shape index (κ1) is 23.8. The van der Waals surface area contributed by atoms with Gasteiger partial charge >= 0.3 is 0 Å². The Morgan fingerprint density at radius 2 is 1.94 bits per heavy atom. The Balaban J connectivity index is 1.36. The van der Waals surface area contributed by atoms with E-state index in [1.54, 1.807) is 29.3 Å². The number of benzene rings is 2. The second-order valence-electron chi connectivity index (χ2n) is 8.43. The molecule has 0 aliphatic carbocycles. The van der Waals surface area contributed by atoms with Crippen molar-refractivity contribution in [1.29, 1.82) is 0 Å². The topological polar surface area (TPSA) is 87.3 Å². The van der Waals surface area contributed by atoms with Crippen LogP contribution in [-0.4, -0.2) is 46.9 Å². The monoisotopic (exact) mass is 480 g/mol. The van der Waals surface area contributed by atoms with Crippen LogP contribution in [-0.2, 0) is 4.79 Å². The highest BCUT2D eigenvalue weighted by molar-refractivity contribution is 6.31. The molecule has 1 unspecified atom stereocenters. The third-order valence-corrected chi connectivity index (χ3v) is 6.52. The van der Waals surface area contributed by atoms with E-state index in [9.17, 15) is 9.59 Å². The average molecular weight is 481 g/mol. The van der Waals surface area contributed by atoms with Gasteiger partial charge in [-0.1, -0.05) is 48.9 Å². The van der Waals surface area contributed by atoms with E-state index in [1.807, 2.05) is 37.3 Å². The highest BCUT2D eigenvalue weighted by Gasteiger charge is 2.30. The Hall–Kier alpha value is -3.32. The average Bonchev–Trinajstić information content (AvgIpc) is 3.37. The maximum atomic E-state index is 13.0. The van der Waals surface area contributed by atoms with Crippen molar-refractivity contribution in [2.75, 3.05) is 20.2 Å². The molecular formula is C26H29ClN4O3. The molecule has 1 aliphatic rings. The fourth-order valence-corrected chi connectivity index (χ4v) is 4.47. The van der Waals surface area contributed by atoms with Crippen LogP contribution in [0.5, 0.6) is 5.75 Å². The Kier molecular flexibility index (Phi) is 7.53. The lowest BCUT2D eigenvalue weighted by atomic mass is 9.94. The van der Waals surface area contributed by atoms with E-state index >= 15 is 0 Å². The standard InChI is InChI=1S/C26H29ClN4O3/c1-3-21(24-28-16-22(29-24)17-7-5-4-6-8-17)30-25(32)18-11-13-31(14-12-18)26(33)20-15-19(27)9-10-23(20)34-2/h4-10,15-16,18,21H,3,11-14H2,1-2H3,(H,28,29)(H,30,32). The number of H-pyrrole nitrogens is 1. The first-order valence-corrected chi connectivity index (χ1v) is 11.9. The normalized spacial score (nSPS) is 15.1. The second kappa shape index (κ2) is 10.7. The molecule has 1 aromatic heterocycles. The summed E-state index contributed by atoms with van der Waals surface area (Å²) in [5.74, 6) is 0.956. The van der Waals surface area contributed by atoms with E-state index in [0.717, 1.165) is 23.5 Å². The van der Waals surface area contributed by atoms with Gasteiger partial charge in [0.1, 0.15) is 11.6 Å². The predicted molar refractivity (Wildman–Crippen MR) is 132 cm³/mol. The molecule has 3 aromatic rings. The summed E-state index contributed by atoms with van der Waals surface area (Å²) in [5, 5.41) is 3.63. The van der Waals surface area contributed by atoms with Gasteiger partial charge in [-0.3, -0.25) is 9.59 Å². The zero-order chi connectivity index (χ0) is 24.1. The minimum absolute atomic E-state index is 0.00283. The number of halogens is 1. The van der Waals surface area contributed by atoms with Gasteiger partial charge in [0, 0.05) is 24.0 Å². The minimum atomic E-state index is -0.194. The van der Waals surface area contributed by atoms with Gasteiger partial charge in [0.05, 0.1) is 30.6 Å². The van der Waals surface area contributed by atoms with Crippen LogP contribution in [0.25, 0.3) is 11.3 Å². The number of hydrogen-bond donors (Lipinski definition) is 2. The van der Waals surface area contributed by atoms with Crippen LogP contribution in [0.15, 0.2) is 54.7 Å². The predicted octanol–water partition coefficient (Wildman–Crippen LogP) is 4.86. The summed E-state index contributed by atoms with van der Waals surface area (Å²) in [7, 11) is 1.53. The number of amides is 2. The van der Waals surface area contributed by atoms with E-state index in [1.165, 1.54) is 7.11 Å². The van der Waals surface area contributed by atoms with Crippen molar-refractivity contribution in [3.8, 4) is 17.0 Å². The van der Waals surface area contributed by atoms with E-state index in [-0.39, 0.29) is 23.8 Å². The quantitative estimate of drug-likeness (QED) is 0.505. The Labute approximate surface area is 204 Å². The molecule has 7 nitrogen and oxygen atoms in total. The Bertz CT molecular complexity index is 1140. The van der Waals surface area contributed by atoms with Gasteiger partial charge < -0.3 is 19.9 Å². The number of ether oxygens (including phenoxy) is 1. The highest BCUT2D eigenvalue weighted by Crippen LogP contribution is 2.27. The molecule has 1 fully saturated rings. The molecule has 0 saturated carbocycles. The molecule has 178 valence electrons. The molecule has 0 spiro atoms. The van der Waals surface area contributed by atoms with Crippen LogP contribution in [0.1, 0.15) is 48.4 Å². The lowest BCUT2D eigenvalue weighted by Crippen LogP contribution is -2.43. The summed E-state index contributed by atoms with van der Waals surface area (Å²) in [5.41, 5.74) is 2.42. The number of carbonyl (C=O) groups is 2. The van der Waals surface area contributed by atoms with Gasteiger partial charge in [-0.2, -0.15) is 0 Å². The van der Waals surface area contributed by atoms with Crippen LogP contribution in [0.4, 0.5) is 0 Å². The van der Waals surface area contributed by atoms with E-state index in [2.05, 4.69) is 15.3 Å². The lowest BCUT2D eigenvalue weighted by molar-refractivity contribution is -0.127. The largest absolute Gasteiger partial charge is 0.496 e. The van der Waals surface area contributed by atoms with Crippen molar-refractivity contribution in [1.82, 2.24) is 20.2 Å². The molecule has 8 heteroatoms. The highest BCUT2D eigenvalue weighted by atomic mass is 35.5. The van der Waals surface area contributed by atoms with Gasteiger partial charge in [-0.25, -0.2) is 4.98 Å². The summed E-state index contributed by atoms with van der Waals surface area (Å²) < 4.78 is 5.32. The van der Waals surface area contributed by atoms with Gasteiger partial charge in [-0.05, 0) is 43.0 Å². The molecule has 34 heavy (non-hydrogen) atoms. The van der Waals surface area contributed by atoms with Crippen molar-refractivity contribution in [3.05, 3.63) is 71.1 Å². The maximum absolute atomic E-state index is 13.0. The molecule has 1 saturated heterocycles. The number of likely N-dealkylation sites (tertiary alicyclic amines) is 1. The molecular weight excluding hydrogens is 452 g/mol. The third-order valence-electron chi connectivity index (χ3n) is 6.28. The number of aromatic amines is 1. The van der Waals surface area contributed by atoms with Crippen LogP contribution in [0, 0.1) is 5.92 Å². The maximum Gasteiger partial charge on any atom is 0.257 e.